The largest absolute Gasteiger partial charge is 0.335 e. The van der Waals surface area contributed by atoms with Gasteiger partial charge in [-0.05, 0) is 35.4 Å². The Balaban J connectivity index is 1.39. The molecule has 0 spiro atoms. The molecule has 0 radical (unpaired) electrons. The molecule has 1 aliphatic heterocycles. The molecule has 1 aliphatic rings. The van der Waals surface area contributed by atoms with Crippen LogP contribution in [0.2, 0.25) is 0 Å². The van der Waals surface area contributed by atoms with Crippen LogP contribution in [-0.4, -0.2) is 47.8 Å². The summed E-state index contributed by atoms with van der Waals surface area (Å²) < 4.78 is 27.0. The van der Waals surface area contributed by atoms with E-state index in [4.69, 9.17) is 0 Å². The molecule has 4 rings (SSSR count). The maximum Gasteiger partial charge on any atom is 0.256 e. The molecule has 0 atom stereocenters. The Labute approximate surface area is 173 Å². The van der Waals surface area contributed by atoms with Crippen molar-refractivity contribution in [2.75, 3.05) is 26.2 Å². The molecule has 6 heteroatoms. The van der Waals surface area contributed by atoms with Gasteiger partial charge in [-0.3, -0.25) is 9.59 Å². The average molecular weight is 406 g/mol. The molecular formula is C24H20F2N2O2. The Morgan fingerprint density at radius 1 is 0.667 bits per heavy atom. The highest BCUT2D eigenvalue weighted by atomic mass is 19.1. The fraction of sp³-hybridized carbons (Fsp3) is 0.167. The van der Waals surface area contributed by atoms with E-state index >= 15 is 0 Å². The molecule has 1 saturated heterocycles. The zero-order valence-electron chi connectivity index (χ0n) is 16.2. The van der Waals surface area contributed by atoms with E-state index in [1.807, 2.05) is 42.5 Å². The number of benzene rings is 3. The van der Waals surface area contributed by atoms with Crippen molar-refractivity contribution in [2.24, 2.45) is 0 Å². The molecular weight excluding hydrogens is 386 g/mol. The minimum absolute atomic E-state index is 0.102. The van der Waals surface area contributed by atoms with Gasteiger partial charge in [0.1, 0.15) is 11.6 Å². The third kappa shape index (κ3) is 4.08. The third-order valence-corrected chi connectivity index (χ3v) is 5.25. The van der Waals surface area contributed by atoms with Crippen molar-refractivity contribution in [3.8, 4) is 11.1 Å². The van der Waals surface area contributed by atoms with Crippen molar-refractivity contribution in [3.05, 3.63) is 95.6 Å². The molecule has 30 heavy (non-hydrogen) atoms. The van der Waals surface area contributed by atoms with E-state index in [2.05, 4.69) is 0 Å². The summed E-state index contributed by atoms with van der Waals surface area (Å²) in [4.78, 5) is 28.5. The third-order valence-electron chi connectivity index (χ3n) is 5.25. The zero-order chi connectivity index (χ0) is 21.1. The van der Waals surface area contributed by atoms with Gasteiger partial charge in [0.25, 0.3) is 11.8 Å². The van der Waals surface area contributed by atoms with Crippen LogP contribution >= 0.6 is 0 Å². The smallest absolute Gasteiger partial charge is 0.256 e. The first-order valence-corrected chi connectivity index (χ1v) is 9.72. The van der Waals surface area contributed by atoms with Crippen LogP contribution < -0.4 is 0 Å². The van der Waals surface area contributed by atoms with E-state index in [0.29, 0.717) is 37.8 Å². The summed E-state index contributed by atoms with van der Waals surface area (Å²) in [5.74, 6) is -2.20. The summed E-state index contributed by atoms with van der Waals surface area (Å²) in [6, 6.07) is 20.3. The Bertz CT molecular complexity index is 1060. The maximum absolute atomic E-state index is 13.9. The highest BCUT2D eigenvalue weighted by Crippen LogP contribution is 2.20. The van der Waals surface area contributed by atoms with E-state index in [1.54, 1.807) is 17.0 Å². The quantitative estimate of drug-likeness (QED) is 0.653. The molecule has 0 unspecified atom stereocenters. The van der Waals surface area contributed by atoms with Crippen LogP contribution in [0.4, 0.5) is 8.78 Å². The Hall–Kier alpha value is -3.54. The summed E-state index contributed by atoms with van der Waals surface area (Å²) >= 11 is 0. The number of hydrogen-bond donors (Lipinski definition) is 0. The number of hydrogen-bond acceptors (Lipinski definition) is 2. The summed E-state index contributed by atoms with van der Waals surface area (Å²) in [7, 11) is 0. The Morgan fingerprint density at radius 3 is 1.83 bits per heavy atom. The first-order chi connectivity index (χ1) is 14.5. The average Bonchev–Trinajstić information content (AvgIpc) is 2.79. The van der Waals surface area contributed by atoms with E-state index in [0.717, 1.165) is 23.3 Å². The van der Waals surface area contributed by atoms with Crippen LogP contribution in [0.25, 0.3) is 11.1 Å². The van der Waals surface area contributed by atoms with E-state index < -0.39 is 17.5 Å². The van der Waals surface area contributed by atoms with E-state index in [-0.39, 0.29) is 11.5 Å². The molecule has 3 aromatic rings. The van der Waals surface area contributed by atoms with Gasteiger partial charge >= 0.3 is 0 Å². The van der Waals surface area contributed by atoms with Crippen LogP contribution in [0.3, 0.4) is 0 Å². The lowest BCUT2D eigenvalue weighted by Gasteiger charge is -2.35. The van der Waals surface area contributed by atoms with Gasteiger partial charge in [0, 0.05) is 37.8 Å². The van der Waals surface area contributed by atoms with Gasteiger partial charge in [-0.25, -0.2) is 8.78 Å². The fourth-order valence-electron chi connectivity index (χ4n) is 3.56. The van der Waals surface area contributed by atoms with Gasteiger partial charge in [-0.1, -0.05) is 42.5 Å². The molecule has 0 aliphatic carbocycles. The second-order valence-corrected chi connectivity index (χ2v) is 7.15. The molecule has 0 N–H and O–H groups in total. The lowest BCUT2D eigenvalue weighted by molar-refractivity contribution is 0.0532. The minimum atomic E-state index is -0.878. The maximum atomic E-state index is 13.9. The van der Waals surface area contributed by atoms with Gasteiger partial charge in [-0.2, -0.15) is 0 Å². The van der Waals surface area contributed by atoms with Crippen LogP contribution in [0, 0.1) is 11.6 Å². The first kappa shape index (κ1) is 19.8. The molecule has 152 valence electrons. The normalized spacial score (nSPS) is 13.9. The van der Waals surface area contributed by atoms with Crippen molar-refractivity contribution in [2.45, 2.75) is 0 Å². The van der Waals surface area contributed by atoms with E-state index in [9.17, 15) is 18.4 Å². The summed E-state index contributed by atoms with van der Waals surface area (Å²) in [5.41, 5.74) is 2.53. The van der Waals surface area contributed by atoms with Crippen molar-refractivity contribution in [3.63, 3.8) is 0 Å². The topological polar surface area (TPSA) is 40.6 Å². The predicted molar refractivity (Wildman–Crippen MR) is 110 cm³/mol. The molecule has 0 bridgehead atoms. The lowest BCUT2D eigenvalue weighted by atomic mass is 10.0. The van der Waals surface area contributed by atoms with Crippen molar-refractivity contribution < 1.29 is 18.4 Å². The summed E-state index contributed by atoms with van der Waals surface area (Å²) in [6.07, 6.45) is 0. The molecule has 2 amide bonds. The zero-order valence-corrected chi connectivity index (χ0v) is 16.2. The Morgan fingerprint density at radius 2 is 1.23 bits per heavy atom. The van der Waals surface area contributed by atoms with Crippen LogP contribution in [-0.2, 0) is 0 Å². The Kier molecular flexibility index (Phi) is 5.57. The minimum Gasteiger partial charge on any atom is -0.335 e. The molecule has 0 saturated carbocycles. The number of amides is 2. The van der Waals surface area contributed by atoms with Gasteiger partial charge in [-0.15, -0.1) is 0 Å². The summed E-state index contributed by atoms with van der Waals surface area (Å²) in [6.45, 7) is 1.30. The lowest BCUT2D eigenvalue weighted by Crippen LogP contribution is -2.50. The highest BCUT2D eigenvalue weighted by Gasteiger charge is 2.27. The number of carbonyl (C=O) groups excluding carboxylic acids is 2. The van der Waals surface area contributed by atoms with Crippen molar-refractivity contribution >= 4 is 11.8 Å². The second-order valence-electron chi connectivity index (χ2n) is 7.15. The fourth-order valence-corrected chi connectivity index (χ4v) is 3.56. The van der Waals surface area contributed by atoms with Gasteiger partial charge < -0.3 is 9.80 Å². The summed E-state index contributed by atoms with van der Waals surface area (Å²) in [5, 5.41) is 0. The number of rotatable bonds is 3. The highest BCUT2D eigenvalue weighted by molar-refractivity contribution is 5.96. The monoisotopic (exact) mass is 406 g/mol. The molecule has 1 fully saturated rings. The first-order valence-electron chi connectivity index (χ1n) is 9.72. The molecule has 0 aromatic heterocycles. The predicted octanol–water partition coefficient (Wildman–Crippen LogP) is 4.23. The number of carbonyl (C=O) groups is 2. The van der Waals surface area contributed by atoms with Gasteiger partial charge in [0.2, 0.25) is 0 Å². The van der Waals surface area contributed by atoms with Gasteiger partial charge in [0.05, 0.1) is 5.56 Å². The van der Waals surface area contributed by atoms with Crippen LogP contribution in [0.1, 0.15) is 20.7 Å². The number of halogens is 2. The van der Waals surface area contributed by atoms with E-state index in [1.165, 1.54) is 4.90 Å². The van der Waals surface area contributed by atoms with Crippen molar-refractivity contribution in [1.82, 2.24) is 9.80 Å². The second kappa shape index (κ2) is 8.45. The van der Waals surface area contributed by atoms with Crippen LogP contribution in [0.15, 0.2) is 72.8 Å². The van der Waals surface area contributed by atoms with Crippen molar-refractivity contribution in [1.29, 1.82) is 0 Å². The van der Waals surface area contributed by atoms with Crippen LogP contribution in [0.5, 0.6) is 0 Å². The standard InChI is InChI=1S/C24H20F2N2O2/c25-20-10-11-21(22(26)16-20)24(30)28-14-12-27(13-15-28)23(29)19-8-6-18(7-9-19)17-4-2-1-3-5-17/h1-11,16H,12-15H2. The van der Waals surface area contributed by atoms with Gasteiger partial charge in [0.15, 0.2) is 0 Å². The SMILES string of the molecule is O=C(c1ccc(-c2ccccc2)cc1)N1CCN(C(=O)c2ccc(F)cc2F)CC1. The number of nitrogens with zero attached hydrogens (tertiary/aromatic N) is 2. The molecule has 1 heterocycles. The molecule has 3 aromatic carbocycles. The molecule has 4 nitrogen and oxygen atoms in total. The number of piperazine rings is 1.